The number of aryl methyl sites for hydroxylation is 1. The maximum atomic E-state index is 12.0. The summed E-state index contributed by atoms with van der Waals surface area (Å²) >= 11 is 3.44. The van der Waals surface area contributed by atoms with Gasteiger partial charge < -0.3 is 13.9 Å². The lowest BCUT2D eigenvalue weighted by molar-refractivity contribution is 0.102. The number of furan rings is 1. The highest BCUT2D eigenvalue weighted by Gasteiger charge is 2.11. The zero-order chi connectivity index (χ0) is 16.1. The van der Waals surface area contributed by atoms with Crippen molar-refractivity contribution in [2.75, 3.05) is 13.7 Å². The van der Waals surface area contributed by atoms with Gasteiger partial charge in [-0.25, -0.2) is 0 Å². The Morgan fingerprint density at radius 1 is 1.36 bits per heavy atom. The number of halogens is 1. The second kappa shape index (κ2) is 7.31. The minimum Gasteiger partial charge on any atom is -0.492 e. The minimum absolute atomic E-state index is 0.182. The molecule has 0 saturated carbocycles. The predicted octanol–water partition coefficient (Wildman–Crippen LogP) is 4.65. The molecule has 0 N–H and O–H groups in total. The summed E-state index contributed by atoms with van der Waals surface area (Å²) in [4.78, 5) is 12.0. The van der Waals surface area contributed by atoms with Crippen molar-refractivity contribution in [2.24, 2.45) is 0 Å². The Morgan fingerprint density at radius 2 is 2.14 bits per heavy atom. The average Bonchev–Trinajstić information content (AvgIpc) is 2.91. The molecule has 0 saturated heterocycles. The van der Waals surface area contributed by atoms with Gasteiger partial charge in [-0.3, -0.25) is 4.79 Å². The van der Waals surface area contributed by atoms with Crippen molar-refractivity contribution in [2.45, 2.75) is 13.8 Å². The van der Waals surface area contributed by atoms with E-state index in [-0.39, 0.29) is 5.78 Å². The Balaban J connectivity index is 2.25. The van der Waals surface area contributed by atoms with Gasteiger partial charge in [-0.1, -0.05) is 6.08 Å². The number of ketones is 1. The van der Waals surface area contributed by atoms with Gasteiger partial charge >= 0.3 is 0 Å². The Hall–Kier alpha value is -2.01. The first kappa shape index (κ1) is 16.4. The molecular weight excluding hydrogens is 348 g/mol. The van der Waals surface area contributed by atoms with Crippen LogP contribution in [0.3, 0.4) is 0 Å². The molecule has 0 amide bonds. The average molecular weight is 365 g/mol. The minimum atomic E-state index is -0.182. The Kier molecular flexibility index (Phi) is 5.44. The van der Waals surface area contributed by atoms with Crippen molar-refractivity contribution < 1.29 is 18.7 Å². The number of methoxy groups -OCH3 is 1. The molecule has 1 aromatic heterocycles. The SMILES string of the molecule is CCOc1cc(/C=C/C(=O)c2ccc(C)o2)cc(Br)c1OC. The molecule has 1 heterocycles. The summed E-state index contributed by atoms with van der Waals surface area (Å²) < 4.78 is 16.9. The first-order chi connectivity index (χ1) is 10.5. The molecular formula is C17H17BrO4. The maximum Gasteiger partial charge on any atom is 0.221 e. The summed E-state index contributed by atoms with van der Waals surface area (Å²) in [7, 11) is 1.58. The van der Waals surface area contributed by atoms with Gasteiger partial charge in [-0.05, 0) is 65.7 Å². The lowest BCUT2D eigenvalue weighted by atomic mass is 10.1. The van der Waals surface area contributed by atoms with Crippen molar-refractivity contribution in [3.05, 3.63) is 51.9 Å². The number of hydrogen-bond acceptors (Lipinski definition) is 4. The molecule has 2 aromatic rings. The number of ether oxygens (including phenoxy) is 2. The van der Waals surface area contributed by atoms with E-state index < -0.39 is 0 Å². The molecule has 0 atom stereocenters. The van der Waals surface area contributed by atoms with E-state index in [1.807, 2.05) is 19.1 Å². The molecule has 4 nitrogen and oxygen atoms in total. The van der Waals surface area contributed by atoms with Crippen molar-refractivity contribution in [1.82, 2.24) is 0 Å². The number of allylic oxidation sites excluding steroid dienone is 1. The van der Waals surface area contributed by atoms with E-state index in [2.05, 4.69) is 15.9 Å². The molecule has 5 heteroatoms. The quantitative estimate of drug-likeness (QED) is 0.552. The van der Waals surface area contributed by atoms with E-state index in [1.165, 1.54) is 6.08 Å². The highest BCUT2D eigenvalue weighted by Crippen LogP contribution is 2.36. The molecule has 0 unspecified atom stereocenters. The molecule has 22 heavy (non-hydrogen) atoms. The number of rotatable bonds is 6. The molecule has 0 aliphatic rings. The number of carbonyl (C=O) groups is 1. The second-order valence-corrected chi connectivity index (χ2v) is 5.43. The summed E-state index contributed by atoms with van der Waals surface area (Å²) in [5.41, 5.74) is 0.827. The van der Waals surface area contributed by atoms with Gasteiger partial charge in [0.2, 0.25) is 5.78 Å². The monoisotopic (exact) mass is 364 g/mol. The van der Waals surface area contributed by atoms with Crippen molar-refractivity contribution in [3.63, 3.8) is 0 Å². The van der Waals surface area contributed by atoms with Gasteiger partial charge in [0.25, 0.3) is 0 Å². The van der Waals surface area contributed by atoms with E-state index in [9.17, 15) is 4.79 Å². The maximum absolute atomic E-state index is 12.0. The summed E-state index contributed by atoms with van der Waals surface area (Å²) in [6.07, 6.45) is 3.19. The summed E-state index contributed by atoms with van der Waals surface area (Å²) in [5, 5.41) is 0. The van der Waals surface area contributed by atoms with Gasteiger partial charge in [0.15, 0.2) is 17.3 Å². The highest BCUT2D eigenvalue weighted by molar-refractivity contribution is 9.10. The molecule has 0 radical (unpaired) electrons. The van der Waals surface area contributed by atoms with Crippen LogP contribution in [0.4, 0.5) is 0 Å². The normalized spacial score (nSPS) is 10.9. The van der Waals surface area contributed by atoms with Crippen LogP contribution in [0.25, 0.3) is 6.08 Å². The third-order valence-electron chi connectivity index (χ3n) is 2.95. The van der Waals surface area contributed by atoms with Crippen LogP contribution in [-0.2, 0) is 0 Å². The predicted molar refractivity (Wildman–Crippen MR) is 88.7 cm³/mol. The molecule has 0 bridgehead atoms. The van der Waals surface area contributed by atoms with Crippen molar-refractivity contribution in [1.29, 1.82) is 0 Å². The summed E-state index contributed by atoms with van der Waals surface area (Å²) in [5.74, 6) is 2.11. The number of hydrogen-bond donors (Lipinski definition) is 0. The van der Waals surface area contributed by atoms with E-state index in [0.717, 1.165) is 10.0 Å². The second-order valence-electron chi connectivity index (χ2n) is 4.58. The molecule has 0 spiro atoms. The van der Waals surface area contributed by atoms with Gasteiger partial charge in [-0.2, -0.15) is 0 Å². The molecule has 0 aliphatic carbocycles. The first-order valence-corrected chi connectivity index (χ1v) is 7.63. The summed E-state index contributed by atoms with van der Waals surface area (Å²) in [6.45, 7) is 4.23. The van der Waals surface area contributed by atoms with Crippen molar-refractivity contribution >= 4 is 27.8 Å². The van der Waals surface area contributed by atoms with Crippen LogP contribution in [0.1, 0.15) is 28.8 Å². The van der Waals surface area contributed by atoms with Gasteiger partial charge in [-0.15, -0.1) is 0 Å². The Labute approximate surface area is 137 Å². The Morgan fingerprint density at radius 3 is 2.73 bits per heavy atom. The third kappa shape index (κ3) is 3.80. The molecule has 2 rings (SSSR count). The zero-order valence-electron chi connectivity index (χ0n) is 12.7. The van der Waals surface area contributed by atoms with Crippen LogP contribution in [0.15, 0.2) is 39.2 Å². The molecule has 1 aromatic carbocycles. The smallest absolute Gasteiger partial charge is 0.221 e. The fourth-order valence-corrected chi connectivity index (χ4v) is 2.59. The fourth-order valence-electron chi connectivity index (χ4n) is 1.97. The molecule has 116 valence electrons. The first-order valence-electron chi connectivity index (χ1n) is 6.84. The van der Waals surface area contributed by atoms with Crippen LogP contribution >= 0.6 is 15.9 Å². The van der Waals surface area contributed by atoms with E-state index in [1.54, 1.807) is 32.2 Å². The van der Waals surface area contributed by atoms with E-state index >= 15 is 0 Å². The van der Waals surface area contributed by atoms with E-state index in [4.69, 9.17) is 13.9 Å². The third-order valence-corrected chi connectivity index (χ3v) is 3.54. The highest BCUT2D eigenvalue weighted by atomic mass is 79.9. The number of benzene rings is 1. The van der Waals surface area contributed by atoms with Crippen LogP contribution in [0.2, 0.25) is 0 Å². The standard InChI is InChI=1S/C17H17BrO4/c1-4-21-16-10-12(9-13(18)17(16)20-3)6-7-14(19)15-8-5-11(2)22-15/h5-10H,4H2,1-3H3/b7-6+. The topological polar surface area (TPSA) is 48.7 Å². The van der Waals surface area contributed by atoms with E-state index in [0.29, 0.717) is 29.6 Å². The fraction of sp³-hybridized carbons (Fsp3) is 0.235. The largest absolute Gasteiger partial charge is 0.492 e. The Bertz CT molecular complexity index is 701. The lowest BCUT2D eigenvalue weighted by Gasteiger charge is -2.11. The van der Waals surface area contributed by atoms with Crippen LogP contribution < -0.4 is 9.47 Å². The lowest BCUT2D eigenvalue weighted by Crippen LogP contribution is -1.97. The van der Waals surface area contributed by atoms with Crippen LogP contribution in [0.5, 0.6) is 11.5 Å². The van der Waals surface area contributed by atoms with Crippen molar-refractivity contribution in [3.8, 4) is 11.5 Å². The van der Waals surface area contributed by atoms with Gasteiger partial charge in [0.05, 0.1) is 18.2 Å². The zero-order valence-corrected chi connectivity index (χ0v) is 14.3. The number of carbonyl (C=O) groups excluding carboxylic acids is 1. The molecule has 0 aliphatic heterocycles. The van der Waals surface area contributed by atoms with Gasteiger partial charge in [0.1, 0.15) is 5.76 Å². The van der Waals surface area contributed by atoms with Crippen LogP contribution in [-0.4, -0.2) is 19.5 Å². The van der Waals surface area contributed by atoms with Crippen LogP contribution in [0, 0.1) is 6.92 Å². The summed E-state index contributed by atoms with van der Waals surface area (Å²) in [6, 6.07) is 7.11. The molecule has 0 fully saturated rings. The van der Waals surface area contributed by atoms with Gasteiger partial charge in [0, 0.05) is 0 Å².